The van der Waals surface area contributed by atoms with E-state index in [0.29, 0.717) is 12.1 Å². The second-order valence-corrected chi connectivity index (χ2v) is 8.25. The molecule has 1 heterocycles. The fourth-order valence-electron chi connectivity index (χ4n) is 3.20. The fraction of sp³-hybridized carbons (Fsp3) is 0.364. The summed E-state index contributed by atoms with van der Waals surface area (Å²) in [5, 5.41) is 0.753. The van der Waals surface area contributed by atoms with E-state index in [4.69, 9.17) is 9.72 Å². The monoisotopic (exact) mass is 433 g/mol. The van der Waals surface area contributed by atoms with E-state index >= 15 is 0 Å². The summed E-state index contributed by atoms with van der Waals surface area (Å²) in [6.45, 7) is 5.71. The van der Waals surface area contributed by atoms with Crippen LogP contribution in [0.2, 0.25) is 0 Å². The summed E-state index contributed by atoms with van der Waals surface area (Å²) in [5.74, 6) is 0.705. The lowest BCUT2D eigenvalue weighted by Gasteiger charge is -2.21. The molecule has 5 nitrogen and oxygen atoms in total. The van der Waals surface area contributed by atoms with Gasteiger partial charge in [-0.2, -0.15) is 0 Å². The van der Waals surface area contributed by atoms with Crippen LogP contribution in [-0.2, 0) is 0 Å². The van der Waals surface area contributed by atoms with E-state index in [2.05, 4.69) is 30.9 Å². The Balaban J connectivity index is 0.00000300. The molecular weight excluding hydrogens is 406 g/mol. The zero-order chi connectivity index (χ0) is 20.3. The van der Waals surface area contributed by atoms with Crippen molar-refractivity contribution in [3.05, 3.63) is 53.1 Å². The van der Waals surface area contributed by atoms with Gasteiger partial charge in [-0.25, -0.2) is 4.98 Å². The number of aryl methyl sites for hydroxylation is 2. The van der Waals surface area contributed by atoms with Gasteiger partial charge in [0.25, 0.3) is 5.91 Å². The normalized spacial score (nSPS) is 10.8. The van der Waals surface area contributed by atoms with Gasteiger partial charge in [-0.3, -0.25) is 9.69 Å². The van der Waals surface area contributed by atoms with E-state index < -0.39 is 0 Å². The molecule has 0 aliphatic carbocycles. The van der Waals surface area contributed by atoms with Crippen LogP contribution in [0, 0.1) is 13.8 Å². The molecule has 0 saturated carbocycles. The number of carbonyl (C=O) groups is 1. The minimum Gasteiger partial charge on any atom is -0.497 e. The van der Waals surface area contributed by atoms with Gasteiger partial charge in [0.05, 0.1) is 17.3 Å². The highest BCUT2D eigenvalue weighted by molar-refractivity contribution is 7.22. The molecule has 3 rings (SSSR count). The summed E-state index contributed by atoms with van der Waals surface area (Å²) in [6, 6.07) is 11.5. The number of halogens is 1. The maximum atomic E-state index is 13.3. The van der Waals surface area contributed by atoms with Gasteiger partial charge in [-0.15, -0.1) is 12.4 Å². The molecule has 7 heteroatoms. The minimum atomic E-state index is -0.0326. The second-order valence-electron chi connectivity index (χ2n) is 7.27. The van der Waals surface area contributed by atoms with Crippen LogP contribution >= 0.6 is 23.7 Å². The first-order chi connectivity index (χ1) is 13.4. The molecule has 0 aliphatic rings. The lowest BCUT2D eigenvalue weighted by atomic mass is 10.1. The predicted molar refractivity (Wildman–Crippen MR) is 124 cm³/mol. The average Bonchev–Trinajstić information content (AvgIpc) is 3.08. The molecule has 2 aromatic carbocycles. The maximum absolute atomic E-state index is 13.3. The molecule has 0 saturated heterocycles. The largest absolute Gasteiger partial charge is 0.497 e. The van der Waals surface area contributed by atoms with Crippen LogP contribution < -0.4 is 9.64 Å². The minimum absolute atomic E-state index is 0. The highest BCUT2D eigenvalue weighted by Crippen LogP contribution is 2.33. The summed E-state index contributed by atoms with van der Waals surface area (Å²) in [4.78, 5) is 22.0. The Labute approximate surface area is 182 Å². The van der Waals surface area contributed by atoms with Crippen molar-refractivity contribution in [3.63, 3.8) is 0 Å². The number of methoxy groups -OCH3 is 1. The Bertz CT molecular complexity index is 970. The molecule has 1 amide bonds. The van der Waals surface area contributed by atoms with E-state index in [9.17, 15) is 4.79 Å². The second kappa shape index (κ2) is 10.1. The average molecular weight is 434 g/mol. The number of rotatable bonds is 7. The van der Waals surface area contributed by atoms with Crippen molar-refractivity contribution in [2.45, 2.75) is 20.3 Å². The fourth-order valence-corrected chi connectivity index (χ4v) is 4.24. The van der Waals surface area contributed by atoms with Crippen LogP contribution in [0.3, 0.4) is 0 Å². The van der Waals surface area contributed by atoms with Crippen molar-refractivity contribution >= 4 is 45.0 Å². The molecule has 156 valence electrons. The molecule has 0 aliphatic heterocycles. The van der Waals surface area contributed by atoms with Gasteiger partial charge < -0.3 is 9.64 Å². The lowest BCUT2D eigenvalue weighted by molar-refractivity contribution is 0.0986. The van der Waals surface area contributed by atoms with E-state index in [1.54, 1.807) is 18.4 Å². The molecule has 0 spiro atoms. The standard InChI is InChI=1S/C22H27N3O2S.ClH/c1-15-13-16(2)20-19(14-15)23-22(28-20)25(12-6-11-24(3)4)21(26)17-7-9-18(27-5)10-8-17;/h7-10,13-14H,6,11-12H2,1-5H3;1H. The van der Waals surface area contributed by atoms with E-state index in [-0.39, 0.29) is 18.3 Å². The zero-order valence-corrected chi connectivity index (χ0v) is 19.2. The van der Waals surface area contributed by atoms with Gasteiger partial charge >= 0.3 is 0 Å². The molecular formula is C22H28ClN3O2S. The summed E-state index contributed by atoms with van der Waals surface area (Å²) in [7, 11) is 5.70. The van der Waals surface area contributed by atoms with Crippen LogP contribution in [0.25, 0.3) is 10.2 Å². The van der Waals surface area contributed by atoms with Crippen LogP contribution in [0.4, 0.5) is 5.13 Å². The topological polar surface area (TPSA) is 45.7 Å². The lowest BCUT2D eigenvalue weighted by Crippen LogP contribution is -2.33. The van der Waals surface area contributed by atoms with Gasteiger partial charge in [-0.1, -0.05) is 17.4 Å². The number of aromatic nitrogens is 1. The van der Waals surface area contributed by atoms with Gasteiger partial charge in [0.15, 0.2) is 5.13 Å². The van der Waals surface area contributed by atoms with E-state index in [1.807, 2.05) is 43.3 Å². The number of ether oxygens (including phenoxy) is 1. The van der Waals surface area contributed by atoms with Crippen molar-refractivity contribution in [2.75, 3.05) is 39.2 Å². The van der Waals surface area contributed by atoms with E-state index in [0.717, 1.165) is 34.1 Å². The number of benzene rings is 2. The van der Waals surface area contributed by atoms with Crippen LogP contribution in [0.5, 0.6) is 5.75 Å². The van der Waals surface area contributed by atoms with Crippen molar-refractivity contribution < 1.29 is 9.53 Å². The van der Waals surface area contributed by atoms with Crippen LogP contribution in [-0.4, -0.2) is 50.1 Å². The van der Waals surface area contributed by atoms with Gasteiger partial charge in [-0.05, 0) is 82.4 Å². The van der Waals surface area contributed by atoms with Gasteiger partial charge in [0.1, 0.15) is 5.75 Å². The molecule has 0 N–H and O–H groups in total. The summed E-state index contributed by atoms with van der Waals surface area (Å²) < 4.78 is 6.35. The molecule has 0 atom stereocenters. The highest BCUT2D eigenvalue weighted by atomic mass is 35.5. The maximum Gasteiger partial charge on any atom is 0.260 e. The first-order valence-electron chi connectivity index (χ1n) is 9.37. The van der Waals surface area contributed by atoms with E-state index in [1.165, 1.54) is 11.1 Å². The van der Waals surface area contributed by atoms with Gasteiger partial charge in [0, 0.05) is 12.1 Å². The van der Waals surface area contributed by atoms with Crippen molar-refractivity contribution in [2.24, 2.45) is 0 Å². The highest BCUT2D eigenvalue weighted by Gasteiger charge is 2.22. The van der Waals surface area contributed by atoms with Crippen LogP contribution in [0.15, 0.2) is 36.4 Å². The Morgan fingerprint density at radius 3 is 2.41 bits per heavy atom. The van der Waals surface area contributed by atoms with Crippen LogP contribution in [0.1, 0.15) is 27.9 Å². The van der Waals surface area contributed by atoms with Crippen molar-refractivity contribution in [1.82, 2.24) is 9.88 Å². The number of fused-ring (bicyclic) bond motifs is 1. The number of amides is 1. The quantitative estimate of drug-likeness (QED) is 0.529. The van der Waals surface area contributed by atoms with Gasteiger partial charge in [0.2, 0.25) is 0 Å². The first kappa shape index (κ1) is 23.1. The Morgan fingerprint density at radius 2 is 1.79 bits per heavy atom. The Morgan fingerprint density at radius 1 is 1.10 bits per heavy atom. The Hall–Kier alpha value is -2.15. The third-order valence-corrected chi connectivity index (χ3v) is 5.84. The first-order valence-corrected chi connectivity index (χ1v) is 10.2. The number of hydrogen-bond donors (Lipinski definition) is 0. The zero-order valence-electron chi connectivity index (χ0n) is 17.6. The number of nitrogens with zero attached hydrogens (tertiary/aromatic N) is 3. The summed E-state index contributed by atoms with van der Waals surface area (Å²) in [5.41, 5.74) is 3.97. The molecule has 29 heavy (non-hydrogen) atoms. The molecule has 0 radical (unpaired) electrons. The summed E-state index contributed by atoms with van der Waals surface area (Å²) >= 11 is 1.59. The molecule has 0 bridgehead atoms. The number of anilines is 1. The van der Waals surface area contributed by atoms with Crippen molar-refractivity contribution in [3.8, 4) is 5.75 Å². The third-order valence-electron chi connectivity index (χ3n) is 4.61. The smallest absolute Gasteiger partial charge is 0.260 e. The number of thiazole rings is 1. The molecule has 1 aromatic heterocycles. The SMILES string of the molecule is COc1ccc(C(=O)N(CCCN(C)C)c2nc3cc(C)cc(C)c3s2)cc1.Cl. The Kier molecular flexibility index (Phi) is 8.02. The predicted octanol–water partition coefficient (Wildman–Crippen LogP) is 4.94. The number of hydrogen-bond acceptors (Lipinski definition) is 5. The molecule has 3 aromatic rings. The summed E-state index contributed by atoms with van der Waals surface area (Å²) in [6.07, 6.45) is 0.878. The molecule has 0 fully saturated rings. The third kappa shape index (κ3) is 5.47. The molecule has 0 unspecified atom stereocenters. The number of carbonyl (C=O) groups excluding carboxylic acids is 1. The van der Waals surface area contributed by atoms with Crippen molar-refractivity contribution in [1.29, 1.82) is 0 Å².